The van der Waals surface area contributed by atoms with Crippen molar-refractivity contribution >= 4 is 15.8 Å². The maximum Gasteiger partial charge on any atom is 0.329 e. The minimum Gasteiger partial charge on any atom is -0.478 e. The molecule has 0 aromatic rings. The highest BCUT2D eigenvalue weighted by molar-refractivity contribution is 7.93. The highest BCUT2D eigenvalue weighted by atomic mass is 32.2. The summed E-state index contributed by atoms with van der Waals surface area (Å²) in [5.74, 6) is -1.26. The summed E-state index contributed by atoms with van der Waals surface area (Å²) in [4.78, 5) is 9.69. The normalized spacial score (nSPS) is 12.1. The Balaban J connectivity index is 4.21. The molecule has 0 radical (unpaired) electrons. The van der Waals surface area contributed by atoms with Crippen LogP contribution in [0.15, 0.2) is 11.5 Å². The number of carbonyl (C=O) groups is 1. The first-order chi connectivity index (χ1) is 3.92. The van der Waals surface area contributed by atoms with Crippen LogP contribution in [0.1, 0.15) is 0 Å². The Morgan fingerprint density at radius 1 is 1.56 bits per heavy atom. The van der Waals surface area contributed by atoms with E-state index in [1.54, 1.807) is 0 Å². The number of hydrogen-bond acceptors (Lipinski definition) is 3. The number of carboxylic acid groups (broad SMARTS) is 1. The van der Waals surface area contributed by atoms with Gasteiger partial charge in [-0.3, -0.25) is 0 Å². The van der Waals surface area contributed by atoms with Gasteiger partial charge in [0, 0.05) is 17.7 Å². The quantitative estimate of drug-likeness (QED) is 0.545. The predicted octanol–water partition coefficient (Wildman–Crippen LogP) is -0.371. The first-order valence-electron chi connectivity index (χ1n) is 2.03. The lowest BCUT2D eigenvalue weighted by molar-refractivity contribution is -0.131. The van der Waals surface area contributed by atoms with Crippen LogP contribution in [-0.2, 0) is 14.6 Å². The van der Waals surface area contributed by atoms with Crippen molar-refractivity contribution in [2.45, 2.75) is 0 Å². The maximum absolute atomic E-state index is 10.2. The monoisotopic (exact) mass is 150 g/mol. The molecule has 0 saturated heterocycles. The molecule has 0 rings (SSSR count). The van der Waals surface area contributed by atoms with Gasteiger partial charge >= 0.3 is 5.97 Å². The molecule has 0 unspecified atom stereocenters. The lowest BCUT2D eigenvalue weighted by Gasteiger charge is -1.80. The first kappa shape index (κ1) is 8.16. The lowest BCUT2D eigenvalue weighted by Crippen LogP contribution is -1.92. The zero-order valence-corrected chi connectivity index (χ0v) is 5.55. The Morgan fingerprint density at radius 2 is 2.00 bits per heavy atom. The minimum atomic E-state index is -3.28. The van der Waals surface area contributed by atoms with E-state index >= 15 is 0 Å². The van der Waals surface area contributed by atoms with Crippen molar-refractivity contribution in [1.29, 1.82) is 0 Å². The van der Waals surface area contributed by atoms with Crippen LogP contribution in [0.2, 0.25) is 0 Å². The second-order valence-electron chi connectivity index (χ2n) is 1.47. The van der Waals surface area contributed by atoms with Crippen LogP contribution in [0.5, 0.6) is 0 Å². The summed E-state index contributed by atoms with van der Waals surface area (Å²) in [5.41, 5.74) is 0. The number of hydrogen-bond donors (Lipinski definition) is 1. The minimum absolute atomic E-state index is 0.579. The summed E-state index contributed by atoms with van der Waals surface area (Å²) >= 11 is 0. The Bertz CT molecular complexity index is 223. The van der Waals surface area contributed by atoms with Crippen LogP contribution >= 0.6 is 0 Å². The van der Waals surface area contributed by atoms with E-state index in [4.69, 9.17) is 5.11 Å². The average Bonchev–Trinajstić information content (AvgIpc) is 1.59. The van der Waals surface area contributed by atoms with Gasteiger partial charge in [0.05, 0.1) is 0 Å². The molecule has 9 heavy (non-hydrogen) atoms. The Morgan fingerprint density at radius 3 is 2.11 bits per heavy atom. The standard InChI is InChI=1S/C4H6O4S/c1-9(7,8)3-2-4(5)6/h2-3H,1H3,(H,5,6)/b3-2+. The lowest BCUT2D eigenvalue weighted by atomic mass is 10.7. The van der Waals surface area contributed by atoms with Gasteiger partial charge in [-0.1, -0.05) is 0 Å². The summed E-state index contributed by atoms with van der Waals surface area (Å²) < 4.78 is 20.4. The van der Waals surface area contributed by atoms with E-state index in [0.29, 0.717) is 11.5 Å². The predicted molar refractivity (Wildman–Crippen MR) is 31.6 cm³/mol. The Labute approximate surface area is 52.7 Å². The van der Waals surface area contributed by atoms with Crippen molar-refractivity contribution in [1.82, 2.24) is 0 Å². The van der Waals surface area contributed by atoms with Crippen LogP contribution in [0.4, 0.5) is 0 Å². The maximum atomic E-state index is 10.2. The molecular formula is C4H6O4S. The molecule has 5 heteroatoms. The molecule has 1 N–H and O–H groups in total. The molecule has 0 fully saturated rings. The number of rotatable bonds is 2. The van der Waals surface area contributed by atoms with Gasteiger partial charge < -0.3 is 5.11 Å². The number of sulfone groups is 1. The van der Waals surface area contributed by atoms with E-state index in [1.165, 1.54) is 0 Å². The van der Waals surface area contributed by atoms with Crippen LogP contribution in [0.25, 0.3) is 0 Å². The van der Waals surface area contributed by atoms with Crippen LogP contribution in [-0.4, -0.2) is 25.7 Å². The fraction of sp³-hybridized carbons (Fsp3) is 0.250. The van der Waals surface area contributed by atoms with Crippen molar-refractivity contribution in [2.75, 3.05) is 6.26 Å². The van der Waals surface area contributed by atoms with Gasteiger partial charge in [-0.15, -0.1) is 0 Å². The first-order valence-corrected chi connectivity index (χ1v) is 3.98. The van der Waals surface area contributed by atoms with Crippen molar-refractivity contribution < 1.29 is 18.3 Å². The summed E-state index contributed by atoms with van der Waals surface area (Å²) in [6.07, 6.45) is 1.50. The molecule has 52 valence electrons. The fourth-order valence-electron chi connectivity index (χ4n) is 0.182. The Hall–Kier alpha value is -0.840. The van der Waals surface area contributed by atoms with E-state index in [2.05, 4.69) is 0 Å². The van der Waals surface area contributed by atoms with Crippen LogP contribution < -0.4 is 0 Å². The van der Waals surface area contributed by atoms with Crippen molar-refractivity contribution in [3.63, 3.8) is 0 Å². The molecule has 0 aliphatic carbocycles. The van der Waals surface area contributed by atoms with E-state index in [9.17, 15) is 13.2 Å². The fourth-order valence-corrected chi connectivity index (χ4v) is 0.545. The molecule has 0 aromatic carbocycles. The summed E-state index contributed by atoms with van der Waals surface area (Å²) in [5, 5.41) is 8.56. The zero-order chi connectivity index (χ0) is 7.49. The number of aliphatic carboxylic acids is 1. The highest BCUT2D eigenvalue weighted by Gasteiger charge is 1.93. The average molecular weight is 150 g/mol. The van der Waals surface area contributed by atoms with Gasteiger partial charge in [0.1, 0.15) is 0 Å². The molecule has 4 nitrogen and oxygen atoms in total. The highest BCUT2D eigenvalue weighted by Crippen LogP contribution is 1.83. The van der Waals surface area contributed by atoms with Crippen molar-refractivity contribution in [3.05, 3.63) is 11.5 Å². The third-order valence-corrected chi connectivity index (χ3v) is 1.09. The van der Waals surface area contributed by atoms with Gasteiger partial charge in [-0.05, 0) is 0 Å². The summed E-state index contributed by atoms with van der Waals surface area (Å²) in [6, 6.07) is 0. The topological polar surface area (TPSA) is 71.4 Å². The Kier molecular flexibility index (Phi) is 2.39. The third kappa shape index (κ3) is 7.16. The second-order valence-corrected chi connectivity index (χ2v) is 3.40. The van der Waals surface area contributed by atoms with Crippen molar-refractivity contribution in [2.24, 2.45) is 0 Å². The van der Waals surface area contributed by atoms with Gasteiger partial charge in [0.15, 0.2) is 9.84 Å². The van der Waals surface area contributed by atoms with E-state index in [-0.39, 0.29) is 0 Å². The van der Waals surface area contributed by atoms with Gasteiger partial charge in [0.25, 0.3) is 0 Å². The number of carboxylic acids is 1. The summed E-state index contributed by atoms with van der Waals surface area (Å²) in [6.45, 7) is 0. The van der Waals surface area contributed by atoms with Crippen molar-refractivity contribution in [3.8, 4) is 0 Å². The molecule has 0 saturated carbocycles. The van der Waals surface area contributed by atoms with E-state index in [0.717, 1.165) is 6.26 Å². The van der Waals surface area contributed by atoms with Crippen LogP contribution in [0.3, 0.4) is 0 Å². The van der Waals surface area contributed by atoms with Gasteiger partial charge in [-0.2, -0.15) is 0 Å². The largest absolute Gasteiger partial charge is 0.478 e. The smallest absolute Gasteiger partial charge is 0.329 e. The molecule has 0 spiro atoms. The van der Waals surface area contributed by atoms with Gasteiger partial charge in [-0.25, -0.2) is 13.2 Å². The second kappa shape index (κ2) is 2.63. The molecule has 0 amide bonds. The molecule has 0 heterocycles. The van der Waals surface area contributed by atoms with E-state index in [1.807, 2.05) is 0 Å². The van der Waals surface area contributed by atoms with E-state index < -0.39 is 15.8 Å². The van der Waals surface area contributed by atoms with Gasteiger partial charge in [0.2, 0.25) is 0 Å². The molecule has 0 aromatic heterocycles. The van der Waals surface area contributed by atoms with Crippen LogP contribution in [0, 0.1) is 0 Å². The molecule has 0 bridgehead atoms. The zero-order valence-electron chi connectivity index (χ0n) is 4.73. The molecular weight excluding hydrogens is 144 g/mol. The SMILES string of the molecule is CS(=O)(=O)/C=C/C(=O)O. The molecule has 0 atom stereocenters. The third-order valence-electron chi connectivity index (χ3n) is 0.458. The summed E-state index contributed by atoms with van der Waals surface area (Å²) in [7, 11) is -3.28. The molecule has 0 aliphatic rings. The molecule has 0 aliphatic heterocycles.